The molecule has 0 saturated carbocycles. The van der Waals surface area contributed by atoms with Crippen molar-refractivity contribution in [2.24, 2.45) is 0 Å². The molecule has 4 nitrogen and oxygen atoms in total. The highest BCUT2D eigenvalue weighted by molar-refractivity contribution is 4.94. The molecule has 0 bridgehead atoms. The van der Waals surface area contributed by atoms with Crippen molar-refractivity contribution in [2.45, 2.75) is 31.9 Å². The lowest BCUT2D eigenvalue weighted by atomic mass is 9.99. The largest absolute Gasteiger partial charge is 0.379 e. The number of rotatable bonds is 7. The van der Waals surface area contributed by atoms with Crippen LogP contribution in [0.3, 0.4) is 0 Å². The SMILES string of the molecule is COC(C)(C)CC(C#N)NCCN(C)C. The number of ether oxygens (including phenoxy) is 1. The summed E-state index contributed by atoms with van der Waals surface area (Å²) < 4.78 is 5.30. The van der Waals surface area contributed by atoms with Gasteiger partial charge in [-0.05, 0) is 27.9 Å². The first-order valence-corrected chi connectivity index (χ1v) is 5.24. The Morgan fingerprint density at radius 1 is 1.47 bits per heavy atom. The summed E-state index contributed by atoms with van der Waals surface area (Å²) in [4.78, 5) is 2.09. The van der Waals surface area contributed by atoms with Crippen LogP contribution in [-0.4, -0.2) is 50.8 Å². The second kappa shape index (κ2) is 6.78. The maximum absolute atomic E-state index is 8.97. The number of nitrogens with one attached hydrogen (secondary N) is 1. The van der Waals surface area contributed by atoms with E-state index >= 15 is 0 Å². The molecule has 0 aliphatic carbocycles. The molecule has 0 spiro atoms. The molecule has 1 atom stereocenters. The Hall–Kier alpha value is -0.630. The van der Waals surface area contributed by atoms with Crippen LogP contribution in [0.1, 0.15) is 20.3 Å². The smallest absolute Gasteiger partial charge is 0.0980 e. The Labute approximate surface area is 93.2 Å². The van der Waals surface area contributed by atoms with E-state index in [9.17, 15) is 0 Å². The topological polar surface area (TPSA) is 48.3 Å². The molecule has 1 unspecified atom stereocenters. The van der Waals surface area contributed by atoms with E-state index in [1.54, 1.807) is 7.11 Å². The lowest BCUT2D eigenvalue weighted by molar-refractivity contribution is 0.0112. The van der Waals surface area contributed by atoms with Crippen molar-refractivity contribution in [1.82, 2.24) is 10.2 Å². The van der Waals surface area contributed by atoms with E-state index in [-0.39, 0.29) is 11.6 Å². The van der Waals surface area contributed by atoms with E-state index < -0.39 is 0 Å². The third-order valence-electron chi connectivity index (χ3n) is 2.35. The molecule has 0 radical (unpaired) electrons. The lowest BCUT2D eigenvalue weighted by Gasteiger charge is -2.26. The number of nitrogens with zero attached hydrogens (tertiary/aromatic N) is 2. The highest BCUT2D eigenvalue weighted by atomic mass is 16.5. The molecule has 0 aromatic carbocycles. The number of likely N-dealkylation sites (N-methyl/N-ethyl adjacent to an activating group) is 1. The standard InChI is InChI=1S/C11H23N3O/c1-11(2,15-5)8-10(9-12)13-6-7-14(3)4/h10,13H,6-8H2,1-5H3. The molecule has 0 heterocycles. The quantitative estimate of drug-likeness (QED) is 0.681. The summed E-state index contributed by atoms with van der Waals surface area (Å²) in [5.74, 6) is 0. The maximum Gasteiger partial charge on any atom is 0.0980 e. The van der Waals surface area contributed by atoms with Crippen LogP contribution >= 0.6 is 0 Å². The van der Waals surface area contributed by atoms with Gasteiger partial charge in [0.1, 0.15) is 0 Å². The molecule has 0 fully saturated rings. The van der Waals surface area contributed by atoms with Crippen LogP contribution in [0.5, 0.6) is 0 Å². The van der Waals surface area contributed by atoms with Gasteiger partial charge in [0.05, 0.1) is 17.7 Å². The van der Waals surface area contributed by atoms with Crippen LogP contribution in [0.2, 0.25) is 0 Å². The van der Waals surface area contributed by atoms with E-state index in [0.29, 0.717) is 6.42 Å². The fourth-order valence-corrected chi connectivity index (χ4v) is 1.20. The lowest BCUT2D eigenvalue weighted by Crippen LogP contribution is -2.39. The second-order valence-electron chi connectivity index (χ2n) is 4.61. The Morgan fingerprint density at radius 3 is 2.47 bits per heavy atom. The second-order valence-corrected chi connectivity index (χ2v) is 4.61. The summed E-state index contributed by atoms with van der Waals surface area (Å²) in [6.07, 6.45) is 0.702. The first-order chi connectivity index (χ1) is 6.91. The average Bonchev–Trinajstić information content (AvgIpc) is 2.15. The van der Waals surface area contributed by atoms with E-state index in [1.165, 1.54) is 0 Å². The average molecular weight is 213 g/mol. The molecule has 0 amide bonds. The molecular formula is C11H23N3O. The summed E-state index contributed by atoms with van der Waals surface area (Å²) in [5, 5.41) is 12.2. The van der Waals surface area contributed by atoms with Gasteiger partial charge in [0.25, 0.3) is 0 Å². The molecule has 1 N–H and O–H groups in total. The Morgan fingerprint density at radius 2 is 2.07 bits per heavy atom. The van der Waals surface area contributed by atoms with Crippen molar-refractivity contribution in [3.8, 4) is 6.07 Å². The van der Waals surface area contributed by atoms with Crippen LogP contribution in [-0.2, 0) is 4.74 Å². The number of nitriles is 1. The molecule has 0 aromatic rings. The summed E-state index contributed by atoms with van der Waals surface area (Å²) in [6.45, 7) is 5.74. The number of hydrogen-bond acceptors (Lipinski definition) is 4. The molecule has 0 rings (SSSR count). The van der Waals surface area contributed by atoms with Gasteiger partial charge in [-0.3, -0.25) is 0 Å². The highest BCUT2D eigenvalue weighted by Crippen LogP contribution is 2.14. The van der Waals surface area contributed by atoms with Gasteiger partial charge >= 0.3 is 0 Å². The maximum atomic E-state index is 8.97. The zero-order valence-electron chi connectivity index (χ0n) is 10.5. The van der Waals surface area contributed by atoms with Crippen LogP contribution in [0.15, 0.2) is 0 Å². The Balaban J connectivity index is 3.90. The fourth-order valence-electron chi connectivity index (χ4n) is 1.20. The van der Waals surface area contributed by atoms with Crippen LogP contribution in [0.4, 0.5) is 0 Å². The van der Waals surface area contributed by atoms with Gasteiger partial charge in [-0.2, -0.15) is 5.26 Å². The van der Waals surface area contributed by atoms with E-state index in [0.717, 1.165) is 13.1 Å². The molecule has 0 aliphatic rings. The summed E-state index contributed by atoms with van der Waals surface area (Å²) in [5.41, 5.74) is -0.245. The molecular weight excluding hydrogens is 190 g/mol. The summed E-state index contributed by atoms with van der Waals surface area (Å²) in [7, 11) is 5.71. The monoisotopic (exact) mass is 213 g/mol. The molecule has 88 valence electrons. The zero-order chi connectivity index (χ0) is 11.9. The van der Waals surface area contributed by atoms with Crippen LogP contribution in [0, 0.1) is 11.3 Å². The van der Waals surface area contributed by atoms with Crippen molar-refractivity contribution in [2.75, 3.05) is 34.3 Å². The number of hydrogen-bond donors (Lipinski definition) is 1. The molecule has 4 heteroatoms. The minimum atomic E-state index is -0.245. The van der Waals surface area contributed by atoms with Crippen molar-refractivity contribution >= 4 is 0 Å². The van der Waals surface area contributed by atoms with Crippen molar-refractivity contribution in [3.05, 3.63) is 0 Å². The predicted molar refractivity (Wildman–Crippen MR) is 61.7 cm³/mol. The Kier molecular flexibility index (Phi) is 6.50. The van der Waals surface area contributed by atoms with Gasteiger partial charge in [0, 0.05) is 26.6 Å². The first kappa shape index (κ1) is 14.4. The molecule has 0 saturated heterocycles. The predicted octanol–water partition coefficient (Wildman–Crippen LogP) is 0.845. The Bertz CT molecular complexity index is 208. The fraction of sp³-hybridized carbons (Fsp3) is 0.909. The third kappa shape index (κ3) is 7.32. The van der Waals surface area contributed by atoms with Gasteiger partial charge in [-0.25, -0.2) is 0 Å². The normalized spacial score (nSPS) is 13.9. The summed E-state index contributed by atoms with van der Waals surface area (Å²) in [6, 6.07) is 2.12. The zero-order valence-corrected chi connectivity index (χ0v) is 10.5. The highest BCUT2D eigenvalue weighted by Gasteiger charge is 2.22. The minimum absolute atomic E-state index is 0.139. The first-order valence-electron chi connectivity index (χ1n) is 5.24. The molecule has 15 heavy (non-hydrogen) atoms. The van der Waals surface area contributed by atoms with Crippen LogP contribution in [0.25, 0.3) is 0 Å². The van der Waals surface area contributed by atoms with Crippen molar-refractivity contribution in [3.63, 3.8) is 0 Å². The van der Waals surface area contributed by atoms with Gasteiger partial charge < -0.3 is 15.0 Å². The van der Waals surface area contributed by atoms with Crippen molar-refractivity contribution in [1.29, 1.82) is 5.26 Å². The van der Waals surface area contributed by atoms with Gasteiger partial charge in [-0.15, -0.1) is 0 Å². The van der Waals surface area contributed by atoms with Gasteiger partial charge in [0.15, 0.2) is 0 Å². The van der Waals surface area contributed by atoms with E-state index in [2.05, 4.69) is 16.3 Å². The third-order valence-corrected chi connectivity index (χ3v) is 2.35. The van der Waals surface area contributed by atoms with Crippen LogP contribution < -0.4 is 5.32 Å². The van der Waals surface area contributed by atoms with Gasteiger partial charge in [0.2, 0.25) is 0 Å². The summed E-state index contributed by atoms with van der Waals surface area (Å²) >= 11 is 0. The molecule has 0 aromatic heterocycles. The van der Waals surface area contributed by atoms with Gasteiger partial charge in [-0.1, -0.05) is 0 Å². The van der Waals surface area contributed by atoms with Crippen molar-refractivity contribution < 1.29 is 4.74 Å². The molecule has 0 aliphatic heterocycles. The minimum Gasteiger partial charge on any atom is -0.379 e. The van der Waals surface area contributed by atoms with E-state index in [1.807, 2.05) is 27.9 Å². The number of methoxy groups -OCH3 is 1. The van der Waals surface area contributed by atoms with E-state index in [4.69, 9.17) is 10.00 Å².